The molecule has 0 aliphatic heterocycles. The van der Waals surface area contributed by atoms with E-state index in [1.54, 1.807) is 23.7 Å². The maximum Gasteiger partial charge on any atom is 0.270 e. The Morgan fingerprint density at radius 1 is 1.52 bits per heavy atom. The molecule has 0 saturated heterocycles. The van der Waals surface area contributed by atoms with Crippen molar-refractivity contribution < 1.29 is 9.53 Å². The Kier molecular flexibility index (Phi) is 5.91. The van der Waals surface area contributed by atoms with Crippen LogP contribution in [0.15, 0.2) is 23.7 Å². The van der Waals surface area contributed by atoms with Crippen LogP contribution in [0.1, 0.15) is 15.5 Å². The van der Waals surface area contributed by atoms with Gasteiger partial charge in [-0.2, -0.15) is 0 Å². The third-order valence-corrected chi connectivity index (χ3v) is 3.69. The number of carbonyl (C=O) groups is 1. The number of ether oxygens (including phenoxy) is 1. The second-order valence-corrected chi connectivity index (χ2v) is 5.41. The number of nitrogens with two attached hydrogens (primary N) is 1. The summed E-state index contributed by atoms with van der Waals surface area (Å²) in [5.41, 5.74) is 5.85. The summed E-state index contributed by atoms with van der Waals surface area (Å²) < 4.78 is 5.37. The predicted molar refractivity (Wildman–Crippen MR) is 81.9 cm³/mol. The number of halogens is 1. The quantitative estimate of drug-likeness (QED) is 0.753. The molecular formula is C13H15ClN4O2S. The van der Waals surface area contributed by atoms with Crippen LogP contribution < -0.4 is 15.8 Å². The van der Waals surface area contributed by atoms with Crippen molar-refractivity contribution in [2.24, 2.45) is 5.73 Å². The first-order valence-electron chi connectivity index (χ1n) is 6.36. The third-order valence-electron chi connectivity index (χ3n) is 2.49. The predicted octanol–water partition coefficient (Wildman–Crippen LogP) is 1.50. The highest BCUT2D eigenvalue weighted by Gasteiger charge is 2.10. The molecule has 6 nitrogen and oxygen atoms in total. The maximum absolute atomic E-state index is 11.8. The number of hydrogen-bond acceptors (Lipinski definition) is 6. The summed E-state index contributed by atoms with van der Waals surface area (Å²) in [4.78, 5) is 20.0. The van der Waals surface area contributed by atoms with Gasteiger partial charge in [0.2, 0.25) is 5.88 Å². The molecule has 1 amide bonds. The number of amides is 1. The molecule has 3 N–H and O–H groups in total. The van der Waals surface area contributed by atoms with E-state index < -0.39 is 0 Å². The standard InChI is InChI=1S/C13H15ClN4O2S/c14-9-2-1-5-17-13(9)20-7-6-16-12(19)10-8-21-11(18-10)3-4-15/h1-2,5,8H,3-4,6-7,15H2,(H,16,19). The van der Waals surface area contributed by atoms with E-state index in [1.807, 2.05) is 0 Å². The number of hydrogen-bond donors (Lipinski definition) is 2. The van der Waals surface area contributed by atoms with E-state index >= 15 is 0 Å². The highest BCUT2D eigenvalue weighted by molar-refractivity contribution is 7.09. The summed E-state index contributed by atoms with van der Waals surface area (Å²) in [5.74, 6) is 0.123. The van der Waals surface area contributed by atoms with Crippen LogP contribution >= 0.6 is 22.9 Å². The first-order valence-corrected chi connectivity index (χ1v) is 7.62. The number of nitrogens with one attached hydrogen (secondary N) is 1. The molecular weight excluding hydrogens is 312 g/mol. The molecule has 0 spiro atoms. The summed E-state index contributed by atoms with van der Waals surface area (Å²) >= 11 is 7.33. The van der Waals surface area contributed by atoms with Crippen LogP contribution in [0.5, 0.6) is 5.88 Å². The van der Waals surface area contributed by atoms with Crippen molar-refractivity contribution in [3.05, 3.63) is 39.4 Å². The van der Waals surface area contributed by atoms with Crippen molar-refractivity contribution in [3.63, 3.8) is 0 Å². The average Bonchev–Trinajstić information content (AvgIpc) is 2.94. The van der Waals surface area contributed by atoms with Gasteiger partial charge in [-0.1, -0.05) is 11.6 Å². The fourth-order valence-electron chi connectivity index (χ4n) is 1.53. The lowest BCUT2D eigenvalue weighted by Gasteiger charge is -2.07. The molecule has 2 aromatic rings. The lowest BCUT2D eigenvalue weighted by atomic mass is 10.4. The van der Waals surface area contributed by atoms with Crippen LogP contribution in [0.25, 0.3) is 0 Å². The topological polar surface area (TPSA) is 90.1 Å². The Morgan fingerprint density at radius 3 is 3.14 bits per heavy atom. The normalized spacial score (nSPS) is 10.4. The van der Waals surface area contributed by atoms with Gasteiger partial charge in [0, 0.05) is 18.0 Å². The Hall–Kier alpha value is -1.70. The largest absolute Gasteiger partial charge is 0.475 e. The van der Waals surface area contributed by atoms with Gasteiger partial charge < -0.3 is 15.8 Å². The molecule has 0 aliphatic carbocycles. The van der Waals surface area contributed by atoms with E-state index in [9.17, 15) is 4.79 Å². The van der Waals surface area contributed by atoms with Crippen LogP contribution in [0, 0.1) is 0 Å². The van der Waals surface area contributed by atoms with Gasteiger partial charge in [0.25, 0.3) is 5.91 Å². The van der Waals surface area contributed by atoms with Crippen molar-refractivity contribution in [1.82, 2.24) is 15.3 Å². The maximum atomic E-state index is 11.8. The number of nitrogens with zero attached hydrogens (tertiary/aromatic N) is 2. The summed E-state index contributed by atoms with van der Waals surface area (Å²) in [5, 5.41) is 5.74. The molecule has 0 saturated carbocycles. The van der Waals surface area contributed by atoms with Gasteiger partial charge in [-0.25, -0.2) is 9.97 Å². The Bertz CT molecular complexity index is 605. The Labute approximate surface area is 131 Å². The number of rotatable bonds is 7. The van der Waals surface area contributed by atoms with Crippen LogP contribution in [0.4, 0.5) is 0 Å². The second kappa shape index (κ2) is 7.92. The zero-order valence-corrected chi connectivity index (χ0v) is 12.8. The highest BCUT2D eigenvalue weighted by Crippen LogP contribution is 2.19. The van der Waals surface area contributed by atoms with Gasteiger partial charge in [-0.3, -0.25) is 4.79 Å². The molecule has 21 heavy (non-hydrogen) atoms. The number of carbonyl (C=O) groups excluding carboxylic acids is 1. The molecule has 0 aromatic carbocycles. The fraction of sp³-hybridized carbons (Fsp3) is 0.308. The number of pyridine rings is 1. The minimum Gasteiger partial charge on any atom is -0.475 e. The van der Waals surface area contributed by atoms with Crippen molar-refractivity contribution in [1.29, 1.82) is 0 Å². The monoisotopic (exact) mass is 326 g/mol. The molecule has 0 fully saturated rings. The van der Waals surface area contributed by atoms with Gasteiger partial charge >= 0.3 is 0 Å². The lowest BCUT2D eigenvalue weighted by molar-refractivity contribution is 0.0942. The van der Waals surface area contributed by atoms with Gasteiger partial charge in [0.05, 0.1) is 11.6 Å². The summed E-state index contributed by atoms with van der Waals surface area (Å²) in [6.45, 7) is 1.14. The highest BCUT2D eigenvalue weighted by atomic mass is 35.5. The smallest absolute Gasteiger partial charge is 0.270 e. The molecule has 2 heterocycles. The zero-order valence-electron chi connectivity index (χ0n) is 11.2. The van der Waals surface area contributed by atoms with Crippen molar-refractivity contribution in [3.8, 4) is 5.88 Å². The van der Waals surface area contributed by atoms with Crippen LogP contribution in [-0.2, 0) is 6.42 Å². The molecule has 0 atom stereocenters. The number of aromatic nitrogens is 2. The van der Waals surface area contributed by atoms with Crippen molar-refractivity contribution in [2.75, 3.05) is 19.7 Å². The molecule has 0 aliphatic rings. The van der Waals surface area contributed by atoms with Crippen LogP contribution in [-0.4, -0.2) is 35.6 Å². The molecule has 112 valence electrons. The summed E-state index contributed by atoms with van der Waals surface area (Å²) in [7, 11) is 0. The SMILES string of the molecule is NCCc1nc(C(=O)NCCOc2ncccc2Cl)cs1. The van der Waals surface area contributed by atoms with Crippen molar-refractivity contribution >= 4 is 28.8 Å². The van der Waals surface area contributed by atoms with E-state index in [1.165, 1.54) is 11.3 Å². The zero-order chi connectivity index (χ0) is 15.1. The van der Waals surface area contributed by atoms with Crippen molar-refractivity contribution in [2.45, 2.75) is 6.42 Å². The minimum atomic E-state index is -0.231. The first kappa shape index (κ1) is 15.7. The summed E-state index contributed by atoms with van der Waals surface area (Å²) in [6.07, 6.45) is 2.27. The Morgan fingerprint density at radius 2 is 2.38 bits per heavy atom. The minimum absolute atomic E-state index is 0.231. The van der Waals surface area contributed by atoms with E-state index in [0.29, 0.717) is 36.1 Å². The average molecular weight is 327 g/mol. The first-order chi connectivity index (χ1) is 10.2. The third kappa shape index (κ3) is 4.66. The van der Waals surface area contributed by atoms with Gasteiger partial charge in [-0.15, -0.1) is 11.3 Å². The molecule has 2 aromatic heterocycles. The second-order valence-electron chi connectivity index (χ2n) is 4.06. The summed E-state index contributed by atoms with van der Waals surface area (Å²) in [6, 6.07) is 3.41. The van der Waals surface area contributed by atoms with Crippen LogP contribution in [0.3, 0.4) is 0 Å². The van der Waals surface area contributed by atoms with E-state index in [-0.39, 0.29) is 12.5 Å². The van der Waals surface area contributed by atoms with Gasteiger partial charge in [-0.05, 0) is 18.7 Å². The Balaban J connectivity index is 1.75. The molecule has 2 rings (SSSR count). The molecule has 8 heteroatoms. The van der Waals surface area contributed by atoms with Gasteiger partial charge in [0.15, 0.2) is 0 Å². The lowest BCUT2D eigenvalue weighted by Crippen LogP contribution is -2.28. The van der Waals surface area contributed by atoms with Crippen LogP contribution in [0.2, 0.25) is 5.02 Å². The van der Waals surface area contributed by atoms with E-state index in [0.717, 1.165) is 5.01 Å². The molecule has 0 radical (unpaired) electrons. The van der Waals surface area contributed by atoms with E-state index in [2.05, 4.69) is 15.3 Å². The van der Waals surface area contributed by atoms with E-state index in [4.69, 9.17) is 22.1 Å². The molecule has 0 bridgehead atoms. The molecule has 0 unspecified atom stereocenters. The number of thiazole rings is 1. The fourth-order valence-corrected chi connectivity index (χ4v) is 2.50. The van der Waals surface area contributed by atoms with Gasteiger partial charge in [0.1, 0.15) is 17.3 Å².